The van der Waals surface area contributed by atoms with Crippen molar-refractivity contribution in [3.63, 3.8) is 0 Å². The Morgan fingerprint density at radius 2 is 1.84 bits per heavy atom. The normalized spacial score (nSPS) is 22.3. The Kier molecular flexibility index (Phi) is 5.29. The number of amides is 1. The largest absolute Gasteiger partial charge is 0.389 e. The summed E-state index contributed by atoms with van der Waals surface area (Å²) in [7, 11) is 0. The molecule has 0 radical (unpaired) electrons. The van der Waals surface area contributed by atoms with Crippen molar-refractivity contribution >= 4 is 22.9 Å². The minimum Gasteiger partial charge on any atom is -0.389 e. The highest BCUT2D eigenvalue weighted by Gasteiger charge is 2.36. The fraction of sp³-hybridized carbons (Fsp3) is 0.455. The topological polar surface area (TPSA) is 113 Å². The second kappa shape index (κ2) is 8.24. The number of likely N-dealkylation sites (tertiary alicyclic amines) is 2. The molecular formula is C22H27N7O2. The molecule has 2 saturated heterocycles. The second-order valence-electron chi connectivity index (χ2n) is 8.46. The average molecular weight is 422 g/mol. The van der Waals surface area contributed by atoms with E-state index in [1.807, 2.05) is 24.3 Å². The summed E-state index contributed by atoms with van der Waals surface area (Å²) in [6.45, 7) is 3.86. The molecule has 4 heterocycles. The Balaban J connectivity index is 1.28. The first-order valence-electron chi connectivity index (χ1n) is 10.8. The first kappa shape index (κ1) is 19.9. The van der Waals surface area contributed by atoms with Crippen molar-refractivity contribution in [1.82, 2.24) is 29.3 Å². The summed E-state index contributed by atoms with van der Waals surface area (Å²) < 4.78 is 1.78. The third-order valence-electron chi connectivity index (χ3n) is 6.35. The lowest BCUT2D eigenvalue weighted by Crippen LogP contribution is -2.30. The Morgan fingerprint density at radius 1 is 1.06 bits per heavy atom. The number of rotatable bonds is 4. The van der Waals surface area contributed by atoms with Gasteiger partial charge in [0.15, 0.2) is 11.5 Å². The van der Waals surface area contributed by atoms with Gasteiger partial charge in [-0.25, -0.2) is 15.0 Å². The molecule has 3 aromatic rings. The Hall–Kier alpha value is -3.04. The van der Waals surface area contributed by atoms with Crippen LogP contribution in [0.3, 0.4) is 0 Å². The monoisotopic (exact) mass is 421 g/mol. The number of anilines is 1. The number of imidazole rings is 1. The van der Waals surface area contributed by atoms with Crippen LogP contribution in [0.1, 0.15) is 41.2 Å². The van der Waals surface area contributed by atoms with Crippen molar-refractivity contribution in [2.75, 3.05) is 31.9 Å². The van der Waals surface area contributed by atoms with E-state index in [1.54, 1.807) is 15.8 Å². The maximum absolute atomic E-state index is 13.1. The molecule has 31 heavy (non-hydrogen) atoms. The molecule has 9 heteroatoms. The van der Waals surface area contributed by atoms with E-state index in [1.165, 1.54) is 31.2 Å². The lowest BCUT2D eigenvalue weighted by Gasteiger charge is -2.26. The highest BCUT2D eigenvalue weighted by atomic mass is 16.3. The van der Waals surface area contributed by atoms with Gasteiger partial charge in [-0.3, -0.25) is 9.69 Å². The zero-order valence-electron chi connectivity index (χ0n) is 17.4. The number of benzene rings is 1. The maximum Gasteiger partial charge on any atom is 0.254 e. The van der Waals surface area contributed by atoms with E-state index in [9.17, 15) is 9.90 Å². The molecule has 1 aromatic carbocycles. The predicted molar refractivity (Wildman–Crippen MR) is 116 cm³/mol. The van der Waals surface area contributed by atoms with Crippen molar-refractivity contribution in [2.45, 2.75) is 38.0 Å². The number of aliphatic hydroxyl groups is 1. The number of nitrogens with zero attached hydrogens (tertiary/aromatic N) is 6. The van der Waals surface area contributed by atoms with Gasteiger partial charge in [0.05, 0.1) is 18.5 Å². The summed E-state index contributed by atoms with van der Waals surface area (Å²) in [4.78, 5) is 29.7. The summed E-state index contributed by atoms with van der Waals surface area (Å²) >= 11 is 0. The van der Waals surface area contributed by atoms with E-state index < -0.39 is 6.10 Å². The Labute approximate surface area is 180 Å². The second-order valence-corrected chi connectivity index (χ2v) is 8.46. The number of piperidine rings is 1. The van der Waals surface area contributed by atoms with Crippen LogP contribution in [0.4, 0.5) is 5.82 Å². The van der Waals surface area contributed by atoms with Crippen LogP contribution in [0.5, 0.6) is 0 Å². The van der Waals surface area contributed by atoms with Gasteiger partial charge >= 0.3 is 0 Å². The fourth-order valence-corrected chi connectivity index (χ4v) is 4.63. The van der Waals surface area contributed by atoms with Crippen molar-refractivity contribution in [2.24, 2.45) is 0 Å². The number of hydrogen-bond acceptors (Lipinski definition) is 7. The quantitative estimate of drug-likeness (QED) is 0.655. The molecule has 162 valence electrons. The number of nitrogens with two attached hydrogens (primary N) is 1. The van der Waals surface area contributed by atoms with E-state index in [4.69, 9.17) is 5.73 Å². The summed E-state index contributed by atoms with van der Waals surface area (Å²) in [6, 6.07) is 7.52. The number of carbonyl (C=O) groups excluding carboxylic acids is 1. The summed E-state index contributed by atoms with van der Waals surface area (Å²) in [5.41, 5.74) is 8.79. The zero-order chi connectivity index (χ0) is 21.4. The molecule has 0 bridgehead atoms. The van der Waals surface area contributed by atoms with Gasteiger partial charge in [-0.2, -0.15) is 0 Å². The number of hydrogen-bond donors (Lipinski definition) is 2. The molecule has 2 aliphatic rings. The lowest BCUT2D eigenvalue weighted by molar-refractivity contribution is 0.0764. The van der Waals surface area contributed by atoms with Crippen molar-refractivity contribution in [1.29, 1.82) is 0 Å². The molecule has 0 spiro atoms. The van der Waals surface area contributed by atoms with Gasteiger partial charge in [0.1, 0.15) is 11.8 Å². The van der Waals surface area contributed by atoms with Crippen LogP contribution < -0.4 is 5.73 Å². The van der Waals surface area contributed by atoms with Crippen molar-refractivity contribution < 1.29 is 9.90 Å². The molecule has 0 aliphatic carbocycles. The van der Waals surface area contributed by atoms with Crippen LogP contribution in [0, 0.1) is 0 Å². The van der Waals surface area contributed by atoms with Crippen LogP contribution in [-0.4, -0.2) is 72.6 Å². The molecule has 5 rings (SSSR count). The van der Waals surface area contributed by atoms with Gasteiger partial charge in [-0.15, -0.1) is 0 Å². The number of nitrogen functional groups attached to an aromatic ring is 1. The SMILES string of the molecule is Nc1ncnc2c1ncn2[C@H]1CN(C(=O)c2ccc(CN3CCCCC3)cc2)C[C@@H]1O. The molecule has 1 amide bonds. The molecule has 2 fully saturated rings. The highest BCUT2D eigenvalue weighted by Crippen LogP contribution is 2.27. The zero-order valence-corrected chi connectivity index (χ0v) is 17.4. The standard InChI is InChI=1S/C22H27N7O2/c23-20-19-21(25-13-24-20)29(14-26-19)17-11-28(12-18(17)30)22(31)16-6-4-15(5-7-16)10-27-8-2-1-3-9-27/h4-7,13-14,17-18,30H,1-3,8-12H2,(H2,23,24,25)/t17-,18-/m0/s1. The smallest absolute Gasteiger partial charge is 0.254 e. The Morgan fingerprint density at radius 3 is 2.61 bits per heavy atom. The van der Waals surface area contributed by atoms with Crippen LogP contribution >= 0.6 is 0 Å². The van der Waals surface area contributed by atoms with Crippen LogP contribution in [0.15, 0.2) is 36.9 Å². The summed E-state index contributed by atoms with van der Waals surface area (Å²) in [6.07, 6.45) is 6.12. The van der Waals surface area contributed by atoms with Gasteiger partial charge in [0.2, 0.25) is 0 Å². The van der Waals surface area contributed by atoms with Gasteiger partial charge in [0.25, 0.3) is 5.91 Å². The number of fused-ring (bicyclic) bond motifs is 1. The first-order chi connectivity index (χ1) is 15.1. The van der Waals surface area contributed by atoms with Gasteiger partial charge < -0.3 is 20.3 Å². The third-order valence-corrected chi connectivity index (χ3v) is 6.35. The Bertz CT molecular complexity index is 1080. The minimum atomic E-state index is -0.712. The van der Waals surface area contributed by atoms with E-state index >= 15 is 0 Å². The summed E-state index contributed by atoms with van der Waals surface area (Å²) in [5, 5.41) is 10.7. The number of carbonyl (C=O) groups is 1. The molecule has 0 unspecified atom stereocenters. The van der Waals surface area contributed by atoms with E-state index in [0.29, 0.717) is 29.1 Å². The lowest BCUT2D eigenvalue weighted by atomic mass is 10.1. The number of aliphatic hydroxyl groups excluding tert-OH is 1. The van der Waals surface area contributed by atoms with Crippen LogP contribution in [0.2, 0.25) is 0 Å². The molecule has 2 atom stereocenters. The first-order valence-corrected chi connectivity index (χ1v) is 10.8. The molecule has 0 saturated carbocycles. The van der Waals surface area contributed by atoms with Gasteiger partial charge in [-0.05, 0) is 43.6 Å². The van der Waals surface area contributed by atoms with E-state index in [0.717, 1.165) is 19.6 Å². The van der Waals surface area contributed by atoms with Gasteiger partial charge in [-0.1, -0.05) is 18.6 Å². The maximum atomic E-state index is 13.1. The molecular weight excluding hydrogens is 394 g/mol. The van der Waals surface area contributed by atoms with Gasteiger partial charge in [0, 0.05) is 25.2 Å². The molecule has 9 nitrogen and oxygen atoms in total. The van der Waals surface area contributed by atoms with Crippen molar-refractivity contribution in [3.8, 4) is 0 Å². The van der Waals surface area contributed by atoms with Crippen LogP contribution in [-0.2, 0) is 6.54 Å². The van der Waals surface area contributed by atoms with E-state index in [2.05, 4.69) is 19.9 Å². The average Bonchev–Trinajstić information content (AvgIpc) is 3.39. The fourth-order valence-electron chi connectivity index (χ4n) is 4.63. The third kappa shape index (κ3) is 3.86. The summed E-state index contributed by atoms with van der Waals surface area (Å²) in [5.74, 6) is 0.221. The number of β-amino-alcohol motifs (C(OH)–C–C–N with tert-alkyl or cyclic N) is 1. The van der Waals surface area contributed by atoms with Crippen molar-refractivity contribution in [3.05, 3.63) is 48.0 Å². The molecule has 2 aromatic heterocycles. The predicted octanol–water partition coefficient (Wildman–Crippen LogP) is 1.45. The molecule has 2 aliphatic heterocycles. The van der Waals surface area contributed by atoms with Crippen LogP contribution in [0.25, 0.3) is 11.2 Å². The molecule has 3 N–H and O–H groups in total. The van der Waals surface area contributed by atoms with E-state index in [-0.39, 0.29) is 18.5 Å². The minimum absolute atomic E-state index is 0.0790. The number of aromatic nitrogens is 4. The highest BCUT2D eigenvalue weighted by molar-refractivity contribution is 5.94.